The standard InChI is InChI=1S/C12H15NO2.C7H18S.C3H8O.C2H2O2.C2H6.CH4O/c14-12(13-8-4-5-9-13)15-10-11-6-2-1-3-7-11;1-7(2,3)8(4,5)6;1-3-4-2;3-1-2-4;2*1-2/h1-3,6-7H,4-5,8-10H2;1-6H3;3H2,1-2H3;1-2H;1-2H3;2H,1H3. The second-order valence-corrected chi connectivity index (χ2v) is 13.4. The quantitative estimate of drug-likeness (QED) is 0.413. The van der Waals surface area contributed by atoms with E-state index in [4.69, 9.17) is 19.4 Å². The fourth-order valence-corrected chi connectivity index (χ4v) is 1.71. The van der Waals surface area contributed by atoms with Crippen LogP contribution in [0.1, 0.15) is 59.9 Å². The number of rotatable bonds is 4. The summed E-state index contributed by atoms with van der Waals surface area (Å²) in [6.07, 6.45) is 9.46. The molecule has 1 saturated heterocycles. The molecule has 2 rings (SSSR count). The number of aldehydes is 2. The molecule has 7 nitrogen and oxygen atoms in total. The Morgan fingerprint density at radius 2 is 1.37 bits per heavy atom. The zero-order valence-corrected chi connectivity index (χ0v) is 24.9. The van der Waals surface area contributed by atoms with Crippen molar-refractivity contribution in [2.45, 2.75) is 65.7 Å². The number of carbonyl (C=O) groups excluding carboxylic acids is 3. The average molecular weight is 520 g/mol. The number of methoxy groups -OCH3 is 1. The molecule has 1 aliphatic rings. The van der Waals surface area contributed by atoms with E-state index in [1.165, 1.54) is 0 Å². The van der Waals surface area contributed by atoms with E-state index in [9.17, 15) is 4.79 Å². The summed E-state index contributed by atoms with van der Waals surface area (Å²) in [7, 11) is 2.34. The maximum absolute atomic E-state index is 11.5. The van der Waals surface area contributed by atoms with E-state index in [2.05, 4.69) is 44.3 Å². The van der Waals surface area contributed by atoms with Crippen LogP contribution in [0.15, 0.2) is 30.3 Å². The highest BCUT2D eigenvalue weighted by Crippen LogP contribution is 2.48. The Kier molecular flexibility index (Phi) is 30.7. The molecular formula is C27H53NO6S. The number of benzene rings is 1. The molecule has 8 heteroatoms. The summed E-state index contributed by atoms with van der Waals surface area (Å²) in [5.74, 6) is 0. The Bertz CT molecular complexity index is 572. The minimum absolute atomic E-state index is 0.184. The first-order valence-corrected chi connectivity index (χ1v) is 14.8. The fraction of sp³-hybridized carbons (Fsp3) is 0.667. The van der Waals surface area contributed by atoms with E-state index >= 15 is 0 Å². The van der Waals surface area contributed by atoms with Crippen molar-refractivity contribution in [3.05, 3.63) is 35.9 Å². The Hall–Kier alpha value is -1.90. The van der Waals surface area contributed by atoms with Crippen LogP contribution < -0.4 is 0 Å². The van der Waals surface area contributed by atoms with Crippen molar-refractivity contribution in [2.24, 2.45) is 0 Å². The van der Waals surface area contributed by atoms with E-state index < -0.39 is 0 Å². The Morgan fingerprint density at radius 3 is 1.66 bits per heavy atom. The maximum atomic E-state index is 11.5. The van der Waals surface area contributed by atoms with E-state index in [0.29, 0.717) is 11.4 Å². The predicted molar refractivity (Wildman–Crippen MR) is 152 cm³/mol. The third-order valence-electron chi connectivity index (χ3n) is 4.75. The van der Waals surface area contributed by atoms with Crippen LogP contribution >= 0.6 is 10.0 Å². The van der Waals surface area contributed by atoms with Crippen LogP contribution in [-0.4, -0.2) is 86.1 Å². The number of aliphatic hydroxyl groups excluding tert-OH is 1. The van der Waals surface area contributed by atoms with Gasteiger partial charge in [0, 0.05) is 33.9 Å². The van der Waals surface area contributed by atoms with Gasteiger partial charge in [-0.3, -0.25) is 9.59 Å². The Morgan fingerprint density at radius 1 is 1.00 bits per heavy atom. The van der Waals surface area contributed by atoms with Gasteiger partial charge in [-0.1, -0.05) is 65.0 Å². The minimum Gasteiger partial charge on any atom is -0.445 e. The molecule has 1 aromatic rings. The predicted octanol–water partition coefficient (Wildman–Crippen LogP) is 5.57. The molecule has 1 fully saturated rings. The highest BCUT2D eigenvalue weighted by molar-refractivity contribution is 8.33. The lowest BCUT2D eigenvalue weighted by molar-refractivity contribution is -0.122. The van der Waals surface area contributed by atoms with Crippen LogP contribution in [0.3, 0.4) is 0 Å². The molecule has 1 N–H and O–H groups in total. The summed E-state index contributed by atoms with van der Waals surface area (Å²) in [4.78, 5) is 30.9. The summed E-state index contributed by atoms with van der Waals surface area (Å²) in [6, 6.07) is 9.75. The number of hydrogen-bond acceptors (Lipinski definition) is 6. The topological polar surface area (TPSA) is 93.1 Å². The first-order valence-electron chi connectivity index (χ1n) is 11.9. The van der Waals surface area contributed by atoms with Gasteiger partial charge in [-0.05, 0) is 48.8 Å². The first kappa shape index (κ1) is 40.3. The molecule has 0 spiro atoms. The van der Waals surface area contributed by atoms with Crippen molar-refractivity contribution in [3.63, 3.8) is 0 Å². The summed E-state index contributed by atoms with van der Waals surface area (Å²) in [6.45, 7) is 15.8. The lowest BCUT2D eigenvalue weighted by Gasteiger charge is -2.40. The molecule has 0 saturated carbocycles. The molecule has 1 amide bonds. The molecule has 0 aliphatic carbocycles. The van der Waals surface area contributed by atoms with Gasteiger partial charge in [-0.25, -0.2) is 14.8 Å². The van der Waals surface area contributed by atoms with Crippen LogP contribution in [0, 0.1) is 0 Å². The van der Waals surface area contributed by atoms with Gasteiger partial charge in [0.1, 0.15) is 6.61 Å². The van der Waals surface area contributed by atoms with Crippen LogP contribution in [0.25, 0.3) is 0 Å². The van der Waals surface area contributed by atoms with Crippen LogP contribution in [-0.2, 0) is 25.7 Å². The van der Waals surface area contributed by atoms with Gasteiger partial charge < -0.3 is 19.5 Å². The summed E-state index contributed by atoms with van der Waals surface area (Å²) < 4.78 is 10.3. The molecule has 208 valence electrons. The van der Waals surface area contributed by atoms with Gasteiger partial charge in [0.25, 0.3) is 0 Å². The number of aliphatic hydroxyl groups is 1. The summed E-state index contributed by atoms with van der Waals surface area (Å²) in [5.41, 5.74) is 1.03. The summed E-state index contributed by atoms with van der Waals surface area (Å²) in [5, 5.41) is 7.00. The zero-order valence-electron chi connectivity index (χ0n) is 24.1. The van der Waals surface area contributed by atoms with Gasteiger partial charge in [0.05, 0.1) is 0 Å². The molecule has 0 aromatic heterocycles. The maximum Gasteiger partial charge on any atom is 0.410 e. The van der Waals surface area contributed by atoms with E-state index in [0.717, 1.165) is 45.2 Å². The van der Waals surface area contributed by atoms with E-state index in [1.54, 1.807) is 12.0 Å². The van der Waals surface area contributed by atoms with Gasteiger partial charge in [-0.2, -0.15) is 0 Å². The Balaban J connectivity index is -0.000000204. The van der Waals surface area contributed by atoms with Crippen molar-refractivity contribution in [2.75, 3.05) is 52.7 Å². The van der Waals surface area contributed by atoms with Crippen molar-refractivity contribution in [3.8, 4) is 0 Å². The number of nitrogens with zero attached hydrogens (tertiary/aromatic N) is 1. The second kappa shape index (κ2) is 26.7. The summed E-state index contributed by atoms with van der Waals surface area (Å²) >= 11 is 0. The molecule has 0 radical (unpaired) electrons. The molecule has 1 aromatic carbocycles. The molecule has 0 atom stereocenters. The third kappa shape index (κ3) is 26.5. The first-order chi connectivity index (χ1) is 16.4. The monoisotopic (exact) mass is 519 g/mol. The van der Waals surface area contributed by atoms with Crippen LogP contribution in [0.4, 0.5) is 4.79 Å². The second-order valence-electron chi connectivity index (χ2n) is 8.53. The van der Waals surface area contributed by atoms with Gasteiger partial charge in [0.15, 0.2) is 12.6 Å². The Labute approximate surface area is 216 Å². The molecule has 35 heavy (non-hydrogen) atoms. The smallest absolute Gasteiger partial charge is 0.410 e. The number of carbonyl (C=O) groups is 3. The normalized spacial score (nSPS) is 12.1. The lowest BCUT2D eigenvalue weighted by atomic mass is 10.2. The highest BCUT2D eigenvalue weighted by Gasteiger charge is 2.22. The highest BCUT2D eigenvalue weighted by atomic mass is 32.3. The van der Waals surface area contributed by atoms with Gasteiger partial charge in [-0.15, -0.1) is 0 Å². The zero-order chi connectivity index (χ0) is 28.3. The SMILES string of the molecule is CC.CC(C)(C)S(C)(C)C.CCOC.CO.O=C(OCc1ccccc1)N1CCCC1.O=CC=O. The molecule has 0 unspecified atom stereocenters. The van der Waals surface area contributed by atoms with Crippen molar-refractivity contribution < 1.29 is 29.0 Å². The number of likely N-dealkylation sites (tertiary alicyclic amines) is 1. The van der Waals surface area contributed by atoms with Crippen LogP contribution in [0.5, 0.6) is 0 Å². The largest absolute Gasteiger partial charge is 0.445 e. The minimum atomic E-state index is -0.340. The van der Waals surface area contributed by atoms with E-state index in [-0.39, 0.29) is 28.7 Å². The molecule has 0 bridgehead atoms. The number of amides is 1. The number of hydrogen-bond donors (Lipinski definition) is 1. The van der Waals surface area contributed by atoms with Gasteiger partial charge >= 0.3 is 6.09 Å². The average Bonchev–Trinajstić information content (AvgIpc) is 3.40. The third-order valence-corrected chi connectivity index (χ3v) is 8.42. The fourth-order valence-electron chi connectivity index (χ4n) is 1.71. The van der Waals surface area contributed by atoms with Crippen molar-refractivity contribution in [1.29, 1.82) is 0 Å². The van der Waals surface area contributed by atoms with E-state index in [1.807, 2.05) is 51.1 Å². The molecular weight excluding hydrogens is 466 g/mol. The van der Waals surface area contributed by atoms with Gasteiger partial charge in [0.2, 0.25) is 0 Å². The van der Waals surface area contributed by atoms with Crippen LogP contribution in [0.2, 0.25) is 0 Å². The number of ether oxygens (including phenoxy) is 2. The molecule has 1 heterocycles. The lowest BCUT2D eigenvalue weighted by Crippen LogP contribution is -2.28. The van der Waals surface area contributed by atoms with Crippen molar-refractivity contribution >= 4 is 28.7 Å². The van der Waals surface area contributed by atoms with Crippen molar-refractivity contribution in [1.82, 2.24) is 4.90 Å². The molecule has 1 aliphatic heterocycles.